The lowest BCUT2D eigenvalue weighted by Gasteiger charge is -2.22. The summed E-state index contributed by atoms with van der Waals surface area (Å²) in [4.78, 5) is 1.46. The van der Waals surface area contributed by atoms with Gasteiger partial charge < -0.3 is 22.6 Å². The average Bonchev–Trinajstić information content (AvgIpc) is 2.33. The van der Waals surface area contributed by atoms with Gasteiger partial charge in [-0.3, -0.25) is 0 Å². The lowest BCUT2D eigenvalue weighted by Crippen LogP contribution is -2.36. The van der Waals surface area contributed by atoms with E-state index in [9.17, 15) is 12.9 Å². The smallest absolute Gasteiger partial charge is 0.448 e. The highest BCUT2D eigenvalue weighted by Gasteiger charge is 2.30. The van der Waals surface area contributed by atoms with E-state index in [1.54, 1.807) is 7.11 Å². The Balaban J connectivity index is 2.25. The van der Waals surface area contributed by atoms with Crippen molar-refractivity contribution in [3.8, 4) is 0 Å². The largest absolute Gasteiger partial charge is 0.492 e. The van der Waals surface area contributed by atoms with E-state index < -0.39 is 13.4 Å². The lowest BCUT2D eigenvalue weighted by atomic mass is 9.91. The van der Waals surface area contributed by atoms with Crippen LogP contribution in [0.5, 0.6) is 0 Å². The van der Waals surface area contributed by atoms with E-state index in [-0.39, 0.29) is 5.92 Å². The van der Waals surface area contributed by atoms with E-state index in [2.05, 4.69) is 0 Å². The molecule has 1 aliphatic rings. The Hall–Kier alpha value is -0.225. The molecule has 0 N–H and O–H groups in total. The third-order valence-corrected chi connectivity index (χ3v) is 2.24. The molecule has 0 amide bonds. The number of rotatable bonds is 4. The molecular weight excluding hydrogens is 182 g/mol. The van der Waals surface area contributed by atoms with Crippen molar-refractivity contribution >= 4 is 6.98 Å². The second-order valence-corrected chi connectivity index (χ2v) is 3.58. The molecule has 1 rings (SSSR count). The maximum absolute atomic E-state index is 12.0. The summed E-state index contributed by atoms with van der Waals surface area (Å²) in [6.07, 6.45) is 0.0974. The van der Waals surface area contributed by atoms with Crippen LogP contribution in [0.2, 0.25) is 0 Å². The van der Waals surface area contributed by atoms with Gasteiger partial charge in [0.2, 0.25) is 0 Å². The standard InChI is InChI=1S/C7H14BF3NO/c1-13-5-7-2-3-12(4-7)6-8(9,10)11/h7H,2-6H2,1H3/q-1. The van der Waals surface area contributed by atoms with E-state index in [1.165, 1.54) is 4.90 Å². The molecule has 13 heavy (non-hydrogen) atoms. The van der Waals surface area contributed by atoms with Crippen molar-refractivity contribution in [1.29, 1.82) is 0 Å². The molecule has 0 aromatic rings. The van der Waals surface area contributed by atoms with Gasteiger partial charge in [0, 0.05) is 13.7 Å². The number of methoxy groups -OCH3 is 1. The zero-order valence-electron chi connectivity index (χ0n) is 7.68. The summed E-state index contributed by atoms with van der Waals surface area (Å²) >= 11 is 0. The predicted octanol–water partition coefficient (Wildman–Crippen LogP) is 1.34. The fourth-order valence-corrected chi connectivity index (χ4v) is 1.74. The van der Waals surface area contributed by atoms with Gasteiger partial charge in [0.1, 0.15) is 0 Å². The quantitative estimate of drug-likeness (QED) is 0.629. The summed E-state index contributed by atoms with van der Waals surface area (Å²) in [7, 11) is 1.58. The van der Waals surface area contributed by atoms with Gasteiger partial charge in [-0.15, -0.1) is 0 Å². The summed E-state index contributed by atoms with van der Waals surface area (Å²) in [6, 6.07) is 0. The molecule has 1 saturated heterocycles. The SMILES string of the molecule is COCC1CCN(C[B-](F)(F)F)C1. The average molecular weight is 196 g/mol. The number of hydrogen-bond donors (Lipinski definition) is 0. The maximum Gasteiger partial charge on any atom is 0.492 e. The third-order valence-electron chi connectivity index (χ3n) is 2.24. The number of nitrogens with zero attached hydrogens (tertiary/aromatic N) is 1. The minimum atomic E-state index is -4.66. The fraction of sp³-hybridized carbons (Fsp3) is 1.00. The molecule has 0 aromatic heterocycles. The van der Waals surface area contributed by atoms with Gasteiger partial charge in [0.05, 0.1) is 6.61 Å². The highest BCUT2D eigenvalue weighted by atomic mass is 19.4. The molecule has 0 radical (unpaired) electrons. The molecule has 6 heteroatoms. The number of likely N-dealkylation sites (tertiary alicyclic amines) is 1. The fourth-order valence-electron chi connectivity index (χ4n) is 1.74. The Morgan fingerprint density at radius 1 is 1.46 bits per heavy atom. The van der Waals surface area contributed by atoms with Crippen molar-refractivity contribution in [3.63, 3.8) is 0 Å². The molecule has 1 heterocycles. The highest BCUT2D eigenvalue weighted by molar-refractivity contribution is 6.58. The van der Waals surface area contributed by atoms with Crippen molar-refractivity contribution in [2.45, 2.75) is 6.42 Å². The molecule has 1 aliphatic heterocycles. The monoisotopic (exact) mass is 196 g/mol. The Kier molecular flexibility index (Phi) is 3.61. The second kappa shape index (κ2) is 4.33. The Morgan fingerprint density at radius 3 is 2.69 bits per heavy atom. The predicted molar refractivity (Wildman–Crippen MR) is 45.5 cm³/mol. The van der Waals surface area contributed by atoms with E-state index >= 15 is 0 Å². The summed E-state index contributed by atoms with van der Waals surface area (Å²) in [5.74, 6) is 0.281. The van der Waals surface area contributed by atoms with E-state index in [0.717, 1.165) is 6.42 Å². The molecule has 1 fully saturated rings. The van der Waals surface area contributed by atoms with Crippen LogP contribution in [0.1, 0.15) is 6.42 Å². The summed E-state index contributed by atoms with van der Waals surface area (Å²) in [5, 5.41) is 0. The van der Waals surface area contributed by atoms with Gasteiger partial charge in [0.25, 0.3) is 0 Å². The van der Waals surface area contributed by atoms with Gasteiger partial charge in [-0.1, -0.05) is 0 Å². The van der Waals surface area contributed by atoms with Crippen molar-refractivity contribution in [2.75, 3.05) is 33.3 Å². The normalized spacial score (nSPS) is 25.4. The summed E-state index contributed by atoms with van der Waals surface area (Å²) in [5.41, 5.74) is 0. The van der Waals surface area contributed by atoms with E-state index in [1.807, 2.05) is 0 Å². The lowest BCUT2D eigenvalue weighted by molar-refractivity contribution is 0.154. The van der Waals surface area contributed by atoms with Gasteiger partial charge in [-0.25, -0.2) is 0 Å². The van der Waals surface area contributed by atoms with Crippen molar-refractivity contribution in [3.05, 3.63) is 0 Å². The van der Waals surface area contributed by atoms with Crippen molar-refractivity contribution in [2.24, 2.45) is 5.92 Å². The van der Waals surface area contributed by atoms with Crippen LogP contribution < -0.4 is 0 Å². The van der Waals surface area contributed by atoms with E-state index in [0.29, 0.717) is 19.7 Å². The molecule has 1 atom stereocenters. The molecule has 78 valence electrons. The van der Waals surface area contributed by atoms with Crippen LogP contribution in [0.3, 0.4) is 0 Å². The molecule has 0 aromatic carbocycles. The molecule has 0 bridgehead atoms. The first-order valence-electron chi connectivity index (χ1n) is 4.43. The molecule has 0 aliphatic carbocycles. The van der Waals surface area contributed by atoms with Gasteiger partial charge in [-0.2, -0.15) is 0 Å². The van der Waals surface area contributed by atoms with Crippen LogP contribution in [0.4, 0.5) is 12.9 Å². The zero-order chi connectivity index (χ0) is 9.90. The van der Waals surface area contributed by atoms with Crippen LogP contribution in [0.25, 0.3) is 0 Å². The zero-order valence-corrected chi connectivity index (χ0v) is 7.68. The Labute approximate surface area is 76.1 Å². The third kappa shape index (κ3) is 4.00. The van der Waals surface area contributed by atoms with Crippen molar-refractivity contribution < 1.29 is 17.7 Å². The van der Waals surface area contributed by atoms with Crippen LogP contribution in [0.15, 0.2) is 0 Å². The minimum absolute atomic E-state index is 0.281. The second-order valence-electron chi connectivity index (χ2n) is 3.58. The Bertz CT molecular complexity index is 164. The van der Waals surface area contributed by atoms with Gasteiger partial charge in [0.15, 0.2) is 0 Å². The first-order chi connectivity index (χ1) is 6.01. The van der Waals surface area contributed by atoms with Gasteiger partial charge in [-0.05, 0) is 25.3 Å². The van der Waals surface area contributed by atoms with Crippen LogP contribution in [-0.4, -0.2) is 45.1 Å². The van der Waals surface area contributed by atoms with Gasteiger partial charge >= 0.3 is 6.98 Å². The number of halogens is 3. The maximum atomic E-state index is 12.0. The Morgan fingerprint density at radius 2 is 2.15 bits per heavy atom. The number of ether oxygens (including phenoxy) is 1. The minimum Gasteiger partial charge on any atom is -0.448 e. The van der Waals surface area contributed by atoms with E-state index in [4.69, 9.17) is 4.74 Å². The van der Waals surface area contributed by atoms with Crippen LogP contribution >= 0.6 is 0 Å². The number of hydrogen-bond acceptors (Lipinski definition) is 2. The molecule has 2 nitrogen and oxygen atoms in total. The molecule has 1 unspecified atom stereocenters. The van der Waals surface area contributed by atoms with Crippen molar-refractivity contribution in [1.82, 2.24) is 4.90 Å². The summed E-state index contributed by atoms with van der Waals surface area (Å²) < 4.78 is 40.9. The summed E-state index contributed by atoms with van der Waals surface area (Å²) in [6.45, 7) is -3.02. The molecule has 0 spiro atoms. The van der Waals surface area contributed by atoms with Crippen LogP contribution in [-0.2, 0) is 4.74 Å². The first-order valence-corrected chi connectivity index (χ1v) is 4.43. The first kappa shape index (κ1) is 10.9. The highest BCUT2D eigenvalue weighted by Crippen LogP contribution is 2.19. The molecular formula is C7H14BF3NO-. The van der Waals surface area contributed by atoms with Crippen LogP contribution in [0, 0.1) is 5.92 Å². The molecule has 0 saturated carbocycles. The topological polar surface area (TPSA) is 12.5 Å².